The molecule has 1 aromatic heterocycles. The number of pyridine rings is 1. The Morgan fingerprint density at radius 1 is 1.03 bits per heavy atom. The highest BCUT2D eigenvalue weighted by atomic mass is 19.1. The fourth-order valence-electron chi connectivity index (χ4n) is 3.76. The molecule has 5 rings (SSSR count). The normalized spacial score (nSPS) is 12.2. The van der Waals surface area contributed by atoms with Gasteiger partial charge in [0, 0.05) is 24.4 Å². The fourth-order valence-corrected chi connectivity index (χ4v) is 3.76. The monoisotopic (exact) mass is 431 g/mol. The third kappa shape index (κ3) is 3.47. The molecular weight excluding hydrogens is 413 g/mol. The highest BCUT2D eigenvalue weighted by Crippen LogP contribution is 2.35. The van der Waals surface area contributed by atoms with E-state index in [0.717, 1.165) is 5.56 Å². The molecule has 6 nitrogen and oxygen atoms in total. The molecule has 32 heavy (non-hydrogen) atoms. The number of fused-ring (bicyclic) bond motifs is 2. The molecule has 2 heterocycles. The third-order valence-electron chi connectivity index (χ3n) is 5.44. The molecule has 0 radical (unpaired) electrons. The lowest BCUT2D eigenvalue weighted by Crippen LogP contribution is -2.20. The van der Waals surface area contributed by atoms with E-state index in [4.69, 9.17) is 14.2 Å². The fraction of sp³-hybridized carbons (Fsp3) is 0.120. The second-order valence-electron chi connectivity index (χ2n) is 7.41. The van der Waals surface area contributed by atoms with Crippen molar-refractivity contribution in [3.8, 4) is 17.2 Å². The number of rotatable bonds is 5. The van der Waals surface area contributed by atoms with E-state index in [1.807, 2.05) is 0 Å². The molecule has 7 heteroatoms. The minimum absolute atomic E-state index is 0.0312. The number of carbonyl (C=O) groups excluding carboxylic acids is 1. The van der Waals surface area contributed by atoms with E-state index in [0.29, 0.717) is 40.3 Å². The summed E-state index contributed by atoms with van der Waals surface area (Å²) in [6.07, 6.45) is 1.54. The molecule has 0 saturated heterocycles. The molecule has 160 valence electrons. The maximum Gasteiger partial charge on any atom is 0.231 e. The van der Waals surface area contributed by atoms with Crippen LogP contribution in [0, 0.1) is 5.82 Å². The summed E-state index contributed by atoms with van der Waals surface area (Å²) in [5.74, 6) is 0.861. The van der Waals surface area contributed by atoms with Gasteiger partial charge < -0.3 is 18.8 Å². The van der Waals surface area contributed by atoms with Crippen molar-refractivity contribution in [3.05, 3.63) is 99.6 Å². The number of nitrogens with zero attached hydrogens (tertiary/aromatic N) is 1. The van der Waals surface area contributed by atoms with Gasteiger partial charge in [-0.15, -0.1) is 0 Å². The summed E-state index contributed by atoms with van der Waals surface area (Å²) in [5, 5.41) is 0.343. The van der Waals surface area contributed by atoms with Gasteiger partial charge in [0.1, 0.15) is 11.6 Å². The van der Waals surface area contributed by atoms with E-state index in [1.54, 1.807) is 66.4 Å². The first kappa shape index (κ1) is 19.8. The Kier molecular flexibility index (Phi) is 4.86. The van der Waals surface area contributed by atoms with Crippen molar-refractivity contribution in [1.29, 1.82) is 0 Å². The summed E-state index contributed by atoms with van der Waals surface area (Å²) >= 11 is 0. The largest absolute Gasteiger partial charge is 0.497 e. The molecule has 0 bridgehead atoms. The minimum Gasteiger partial charge on any atom is -0.497 e. The first-order valence-corrected chi connectivity index (χ1v) is 9.93. The summed E-state index contributed by atoms with van der Waals surface area (Å²) in [5.41, 5.74) is 1.42. The predicted molar refractivity (Wildman–Crippen MR) is 116 cm³/mol. The average Bonchev–Trinajstić information content (AvgIpc) is 3.28. The molecule has 0 fully saturated rings. The molecule has 0 unspecified atom stereocenters. The van der Waals surface area contributed by atoms with E-state index < -0.39 is 11.2 Å². The van der Waals surface area contributed by atoms with Gasteiger partial charge >= 0.3 is 0 Å². The lowest BCUT2D eigenvalue weighted by atomic mass is 10.0. The predicted octanol–water partition coefficient (Wildman–Crippen LogP) is 4.16. The number of halogens is 1. The van der Waals surface area contributed by atoms with Gasteiger partial charge in [-0.1, -0.05) is 12.1 Å². The van der Waals surface area contributed by atoms with Gasteiger partial charge in [0.2, 0.25) is 12.2 Å². The first-order valence-electron chi connectivity index (χ1n) is 9.93. The van der Waals surface area contributed by atoms with Crippen LogP contribution in [0.15, 0.2) is 71.7 Å². The zero-order chi connectivity index (χ0) is 22.2. The van der Waals surface area contributed by atoms with Crippen molar-refractivity contribution in [2.24, 2.45) is 0 Å². The summed E-state index contributed by atoms with van der Waals surface area (Å²) in [6, 6.07) is 16.0. The smallest absolute Gasteiger partial charge is 0.231 e. The zero-order valence-electron chi connectivity index (χ0n) is 17.1. The molecule has 0 amide bonds. The summed E-state index contributed by atoms with van der Waals surface area (Å²) in [7, 11) is 1.54. The van der Waals surface area contributed by atoms with E-state index in [2.05, 4.69) is 0 Å². The van der Waals surface area contributed by atoms with Crippen LogP contribution in [0.2, 0.25) is 0 Å². The SMILES string of the molecule is COc1ccc(C(=O)c2cn(Cc3ccc(F)cc3)c3cc4c(cc3c2=O)OCO4)cc1. The number of carbonyl (C=O) groups is 1. The molecule has 0 N–H and O–H groups in total. The van der Waals surface area contributed by atoms with Gasteiger partial charge in [0.25, 0.3) is 0 Å². The second kappa shape index (κ2) is 7.85. The molecule has 4 aromatic rings. The number of hydrogen-bond donors (Lipinski definition) is 0. The third-order valence-corrected chi connectivity index (χ3v) is 5.44. The van der Waals surface area contributed by atoms with E-state index in [1.165, 1.54) is 12.1 Å². The van der Waals surface area contributed by atoms with E-state index in [-0.39, 0.29) is 18.2 Å². The van der Waals surface area contributed by atoms with Gasteiger partial charge in [-0.25, -0.2) is 4.39 Å². The van der Waals surface area contributed by atoms with E-state index >= 15 is 0 Å². The Hall–Kier alpha value is -4.13. The zero-order valence-corrected chi connectivity index (χ0v) is 17.1. The average molecular weight is 431 g/mol. The van der Waals surface area contributed by atoms with Crippen molar-refractivity contribution < 1.29 is 23.4 Å². The van der Waals surface area contributed by atoms with Crippen LogP contribution < -0.4 is 19.6 Å². The molecule has 0 atom stereocenters. The molecule has 1 aliphatic rings. The highest BCUT2D eigenvalue weighted by molar-refractivity contribution is 6.10. The topological polar surface area (TPSA) is 66.8 Å². The number of aromatic nitrogens is 1. The molecule has 1 aliphatic heterocycles. The Bertz CT molecular complexity index is 1390. The van der Waals surface area contributed by atoms with Gasteiger partial charge in [-0.3, -0.25) is 9.59 Å². The Balaban J connectivity index is 1.68. The quantitative estimate of drug-likeness (QED) is 0.444. The Morgan fingerprint density at radius 2 is 1.72 bits per heavy atom. The number of ketones is 1. The van der Waals surface area contributed by atoms with Crippen molar-refractivity contribution in [3.63, 3.8) is 0 Å². The molecular formula is C25H18FNO5. The van der Waals surface area contributed by atoms with Crippen LogP contribution in [-0.4, -0.2) is 24.3 Å². The maximum atomic E-state index is 13.4. The summed E-state index contributed by atoms with van der Waals surface area (Å²) < 4.78 is 31.2. The Morgan fingerprint density at radius 3 is 2.41 bits per heavy atom. The second-order valence-corrected chi connectivity index (χ2v) is 7.41. The van der Waals surface area contributed by atoms with Gasteiger partial charge in [0.15, 0.2) is 17.3 Å². The van der Waals surface area contributed by atoms with Crippen LogP contribution >= 0.6 is 0 Å². The lowest BCUT2D eigenvalue weighted by molar-refractivity contribution is 0.103. The van der Waals surface area contributed by atoms with Crippen molar-refractivity contribution >= 4 is 16.7 Å². The van der Waals surface area contributed by atoms with Crippen molar-refractivity contribution in [1.82, 2.24) is 4.57 Å². The van der Waals surface area contributed by atoms with Crippen LogP contribution in [0.3, 0.4) is 0 Å². The number of ether oxygens (including phenoxy) is 3. The van der Waals surface area contributed by atoms with Gasteiger partial charge in [-0.05, 0) is 48.0 Å². The van der Waals surface area contributed by atoms with E-state index in [9.17, 15) is 14.0 Å². The maximum absolute atomic E-state index is 13.4. The lowest BCUT2D eigenvalue weighted by Gasteiger charge is -2.14. The summed E-state index contributed by atoms with van der Waals surface area (Å²) in [6.45, 7) is 0.398. The summed E-state index contributed by atoms with van der Waals surface area (Å²) in [4.78, 5) is 26.5. The standard InChI is InChI=1S/C25H18FNO5/c1-30-18-8-4-16(5-9-18)24(28)20-13-27(12-15-2-6-17(26)7-3-15)21-11-23-22(31-14-32-23)10-19(21)25(20)29/h2-11,13H,12,14H2,1H3. The van der Waals surface area contributed by atoms with Crippen LogP contribution in [0.1, 0.15) is 21.5 Å². The van der Waals surface area contributed by atoms with Crippen molar-refractivity contribution in [2.45, 2.75) is 6.54 Å². The van der Waals surface area contributed by atoms with Crippen molar-refractivity contribution in [2.75, 3.05) is 13.9 Å². The number of methoxy groups -OCH3 is 1. The van der Waals surface area contributed by atoms with Gasteiger partial charge in [0.05, 0.1) is 23.6 Å². The molecule has 0 spiro atoms. The molecule has 0 saturated carbocycles. The molecule has 0 aliphatic carbocycles. The van der Waals surface area contributed by atoms with Crippen LogP contribution in [0.4, 0.5) is 4.39 Å². The van der Waals surface area contributed by atoms with Gasteiger partial charge in [-0.2, -0.15) is 0 Å². The molecule has 3 aromatic carbocycles. The number of hydrogen-bond acceptors (Lipinski definition) is 5. The first-order chi connectivity index (χ1) is 15.5. The highest BCUT2D eigenvalue weighted by Gasteiger charge is 2.22. The van der Waals surface area contributed by atoms with Crippen LogP contribution in [0.5, 0.6) is 17.2 Å². The minimum atomic E-state index is -0.398. The Labute approximate surface area is 182 Å². The number of benzene rings is 3. The van der Waals surface area contributed by atoms with Crippen LogP contribution in [0.25, 0.3) is 10.9 Å². The van der Waals surface area contributed by atoms with Crippen LogP contribution in [-0.2, 0) is 6.54 Å².